The van der Waals surface area contributed by atoms with Crippen LogP contribution in [0.15, 0.2) is 24.3 Å². The van der Waals surface area contributed by atoms with Crippen molar-refractivity contribution < 1.29 is 19.8 Å². The van der Waals surface area contributed by atoms with E-state index in [0.717, 1.165) is 44.1 Å². The van der Waals surface area contributed by atoms with E-state index < -0.39 is 17.4 Å². The van der Waals surface area contributed by atoms with Crippen molar-refractivity contribution in [3.63, 3.8) is 0 Å². The van der Waals surface area contributed by atoms with Gasteiger partial charge < -0.3 is 10.2 Å². The topological polar surface area (TPSA) is 74.6 Å². The minimum atomic E-state index is -0.993. The van der Waals surface area contributed by atoms with E-state index in [1.807, 2.05) is 12.1 Å². The SMILES string of the molecule is CC1(C)C(c2ccc(C(=O)O)c(Cl)c2)=CC[C@@]2(C)C1CC[C@]1(C)C2CC[C@@H]2C3CCC[C@]3(C(=O)O)CC[C@]21C. The molecule has 6 rings (SSSR count). The summed E-state index contributed by atoms with van der Waals surface area (Å²) in [6.07, 6.45) is 13.2. The summed E-state index contributed by atoms with van der Waals surface area (Å²) in [5.41, 5.74) is 2.53. The summed E-state index contributed by atoms with van der Waals surface area (Å²) in [6.45, 7) is 12.5. The molecule has 1 aromatic rings. The Labute approximate surface area is 238 Å². The van der Waals surface area contributed by atoms with Crippen molar-refractivity contribution >= 4 is 29.1 Å². The zero-order valence-corrected chi connectivity index (χ0v) is 25.0. The van der Waals surface area contributed by atoms with E-state index in [-0.39, 0.29) is 27.2 Å². The van der Waals surface area contributed by atoms with Crippen molar-refractivity contribution in [2.45, 2.75) is 98.8 Å². The van der Waals surface area contributed by atoms with Gasteiger partial charge in [0, 0.05) is 0 Å². The van der Waals surface area contributed by atoms with Gasteiger partial charge in [0.25, 0.3) is 0 Å². The second-order valence-electron chi connectivity index (χ2n) is 15.2. The summed E-state index contributed by atoms with van der Waals surface area (Å²) in [5.74, 6) is 0.465. The third-order valence-electron chi connectivity index (χ3n) is 13.9. The summed E-state index contributed by atoms with van der Waals surface area (Å²) in [4.78, 5) is 24.1. The first-order valence-corrected chi connectivity index (χ1v) is 15.6. The zero-order valence-electron chi connectivity index (χ0n) is 24.3. The molecule has 212 valence electrons. The standard InChI is InChI=1S/C34H45ClO4/c1-30(2)22(20-8-9-21(28(36)37)25(35)19-20)12-15-31(3)26(30)13-16-33(5)27(31)11-10-23-24-7-6-14-34(24,29(38)39)18-17-32(23,33)4/h8-9,12,19,23-24,26-27H,6-7,10-11,13-18H2,1-5H3,(H,36,37)(H,38,39)/t23-,24?,26?,27?,31+,32-,33-,34+/m1/s1. The third kappa shape index (κ3) is 3.42. The van der Waals surface area contributed by atoms with Crippen LogP contribution < -0.4 is 0 Å². The molecule has 1 aromatic carbocycles. The number of fused-ring (bicyclic) bond motifs is 7. The van der Waals surface area contributed by atoms with Gasteiger partial charge in [-0.15, -0.1) is 0 Å². The minimum absolute atomic E-state index is 0.0589. The number of rotatable bonds is 3. The van der Waals surface area contributed by atoms with E-state index in [1.54, 1.807) is 6.07 Å². The van der Waals surface area contributed by atoms with Gasteiger partial charge >= 0.3 is 11.9 Å². The average molecular weight is 553 g/mol. The quantitative estimate of drug-likeness (QED) is 0.392. The highest BCUT2D eigenvalue weighted by Crippen LogP contribution is 2.77. The molecular weight excluding hydrogens is 508 g/mol. The van der Waals surface area contributed by atoms with Crippen LogP contribution >= 0.6 is 11.6 Å². The highest BCUT2D eigenvalue weighted by Gasteiger charge is 2.70. The maximum absolute atomic E-state index is 12.6. The molecule has 4 fully saturated rings. The van der Waals surface area contributed by atoms with Crippen molar-refractivity contribution in [1.29, 1.82) is 0 Å². The first-order chi connectivity index (χ1) is 18.2. The van der Waals surface area contributed by atoms with Gasteiger partial charge in [-0.25, -0.2) is 4.79 Å². The smallest absolute Gasteiger partial charge is 0.337 e. The molecule has 3 unspecified atom stereocenters. The Kier molecular flexibility index (Phi) is 6.03. The number of halogens is 1. The van der Waals surface area contributed by atoms with E-state index in [2.05, 4.69) is 40.7 Å². The number of benzene rings is 1. The summed E-state index contributed by atoms with van der Waals surface area (Å²) < 4.78 is 0. The first-order valence-electron chi connectivity index (χ1n) is 15.2. The van der Waals surface area contributed by atoms with Crippen LogP contribution in [0.25, 0.3) is 5.57 Å². The van der Waals surface area contributed by atoms with Crippen molar-refractivity contribution in [3.05, 3.63) is 40.4 Å². The fourth-order valence-corrected chi connectivity index (χ4v) is 12.2. The molecule has 8 atom stereocenters. The fourth-order valence-electron chi connectivity index (χ4n) is 11.9. The second-order valence-corrected chi connectivity index (χ2v) is 15.6. The van der Waals surface area contributed by atoms with Crippen LogP contribution in [-0.4, -0.2) is 22.2 Å². The number of carbonyl (C=O) groups is 2. The molecule has 0 radical (unpaired) electrons. The number of aliphatic carboxylic acids is 1. The fraction of sp³-hybridized carbons (Fsp3) is 0.706. The largest absolute Gasteiger partial charge is 0.481 e. The van der Waals surface area contributed by atoms with Crippen molar-refractivity contribution in [3.8, 4) is 0 Å². The Morgan fingerprint density at radius 3 is 2.26 bits per heavy atom. The van der Waals surface area contributed by atoms with Gasteiger partial charge in [0.05, 0.1) is 16.0 Å². The van der Waals surface area contributed by atoms with Crippen LogP contribution in [0, 0.1) is 50.7 Å². The van der Waals surface area contributed by atoms with Crippen molar-refractivity contribution in [1.82, 2.24) is 0 Å². The number of carboxylic acid groups (broad SMARTS) is 2. The summed E-state index contributed by atoms with van der Waals surface area (Å²) in [7, 11) is 0. The number of hydrogen-bond donors (Lipinski definition) is 2. The molecule has 0 heterocycles. The van der Waals surface area contributed by atoms with Crippen LogP contribution in [0.5, 0.6) is 0 Å². The molecule has 0 saturated heterocycles. The molecule has 0 amide bonds. The van der Waals surface area contributed by atoms with Gasteiger partial charge in [-0.3, -0.25) is 4.79 Å². The summed E-state index contributed by atoms with van der Waals surface area (Å²) in [6, 6.07) is 5.43. The predicted octanol–water partition coefficient (Wildman–Crippen LogP) is 8.97. The van der Waals surface area contributed by atoms with Crippen LogP contribution in [0.2, 0.25) is 5.02 Å². The lowest BCUT2D eigenvalue weighted by Crippen LogP contribution is -2.65. The molecule has 2 N–H and O–H groups in total. The molecule has 0 aromatic heterocycles. The Bertz CT molecular complexity index is 1270. The van der Waals surface area contributed by atoms with Gasteiger partial charge in [0.2, 0.25) is 0 Å². The third-order valence-corrected chi connectivity index (χ3v) is 14.2. The van der Waals surface area contributed by atoms with Crippen molar-refractivity contribution in [2.75, 3.05) is 0 Å². The molecule has 5 aliphatic rings. The van der Waals surface area contributed by atoms with E-state index in [9.17, 15) is 19.8 Å². The van der Waals surface area contributed by atoms with Gasteiger partial charge in [0.1, 0.15) is 0 Å². The highest BCUT2D eigenvalue weighted by atomic mass is 35.5. The molecule has 5 aliphatic carbocycles. The molecule has 0 aliphatic heterocycles. The number of carboxylic acids is 2. The molecule has 4 saturated carbocycles. The zero-order chi connectivity index (χ0) is 28.2. The molecule has 0 spiro atoms. The maximum Gasteiger partial charge on any atom is 0.337 e. The predicted molar refractivity (Wildman–Crippen MR) is 155 cm³/mol. The van der Waals surface area contributed by atoms with Gasteiger partial charge in [0.15, 0.2) is 0 Å². The van der Waals surface area contributed by atoms with Crippen LogP contribution in [0.4, 0.5) is 0 Å². The maximum atomic E-state index is 12.6. The second kappa shape index (κ2) is 8.60. The Morgan fingerprint density at radius 1 is 0.846 bits per heavy atom. The Balaban J connectivity index is 1.36. The number of allylic oxidation sites excluding steroid dienone is 2. The molecule has 4 nitrogen and oxygen atoms in total. The normalized spacial score (nSPS) is 44.3. The summed E-state index contributed by atoms with van der Waals surface area (Å²) >= 11 is 6.41. The molecule has 0 bridgehead atoms. The van der Waals surface area contributed by atoms with Crippen LogP contribution in [-0.2, 0) is 4.79 Å². The van der Waals surface area contributed by atoms with E-state index >= 15 is 0 Å². The van der Waals surface area contributed by atoms with Crippen LogP contribution in [0.3, 0.4) is 0 Å². The molecule has 5 heteroatoms. The highest BCUT2D eigenvalue weighted by molar-refractivity contribution is 6.33. The number of hydrogen-bond acceptors (Lipinski definition) is 2. The average Bonchev–Trinajstić information content (AvgIpc) is 3.29. The lowest BCUT2D eigenvalue weighted by Gasteiger charge is -2.72. The Morgan fingerprint density at radius 2 is 1.59 bits per heavy atom. The van der Waals surface area contributed by atoms with E-state index in [0.29, 0.717) is 28.7 Å². The van der Waals surface area contributed by atoms with E-state index in [1.165, 1.54) is 31.3 Å². The van der Waals surface area contributed by atoms with Crippen molar-refractivity contribution in [2.24, 2.45) is 50.7 Å². The molecular formula is C34H45ClO4. The van der Waals surface area contributed by atoms with Gasteiger partial charge in [-0.1, -0.05) is 64.8 Å². The van der Waals surface area contributed by atoms with Gasteiger partial charge in [-0.05, 0) is 126 Å². The minimum Gasteiger partial charge on any atom is -0.481 e. The number of aromatic carboxylic acids is 1. The monoisotopic (exact) mass is 552 g/mol. The molecule has 39 heavy (non-hydrogen) atoms. The van der Waals surface area contributed by atoms with E-state index in [4.69, 9.17) is 11.6 Å². The lowest BCUT2D eigenvalue weighted by molar-refractivity contribution is -0.225. The Hall–Kier alpha value is -1.81. The lowest BCUT2D eigenvalue weighted by atomic mass is 9.32. The van der Waals surface area contributed by atoms with Gasteiger partial charge in [-0.2, -0.15) is 0 Å². The first kappa shape index (κ1) is 27.4. The van der Waals surface area contributed by atoms with Crippen LogP contribution in [0.1, 0.15) is 115 Å². The summed E-state index contributed by atoms with van der Waals surface area (Å²) in [5, 5.41) is 20.1.